The summed E-state index contributed by atoms with van der Waals surface area (Å²) in [6.07, 6.45) is 1.36. The highest BCUT2D eigenvalue weighted by atomic mass is 35.5. The van der Waals surface area contributed by atoms with E-state index in [1.54, 1.807) is 12.1 Å². The highest BCUT2D eigenvalue weighted by Crippen LogP contribution is 2.44. The molecule has 1 aliphatic rings. The predicted molar refractivity (Wildman–Crippen MR) is 67.7 cm³/mol. The van der Waals surface area contributed by atoms with Crippen LogP contribution in [0, 0.1) is 0 Å². The molecule has 0 saturated heterocycles. The van der Waals surface area contributed by atoms with Crippen molar-refractivity contribution >= 4 is 29.6 Å². The van der Waals surface area contributed by atoms with E-state index in [0.717, 1.165) is 5.56 Å². The first-order chi connectivity index (χ1) is 7.93. The largest absolute Gasteiger partial charge is 0.486 e. The number of benzene rings is 1. The molecule has 0 aliphatic carbocycles. The van der Waals surface area contributed by atoms with Crippen LogP contribution in [-0.4, -0.2) is 12.0 Å². The van der Waals surface area contributed by atoms with Gasteiger partial charge < -0.3 is 10.1 Å². The number of nitrogens with one attached hydrogen (secondary N) is 1. The molecular formula is C12H13Cl2NO2. The van der Waals surface area contributed by atoms with Crippen molar-refractivity contribution < 1.29 is 9.53 Å². The van der Waals surface area contributed by atoms with Gasteiger partial charge in [-0.25, -0.2) is 0 Å². The Morgan fingerprint density at radius 2 is 2.18 bits per heavy atom. The smallest absolute Gasteiger partial charge is 0.207 e. The van der Waals surface area contributed by atoms with E-state index >= 15 is 0 Å². The Bertz CT molecular complexity index is 460. The zero-order chi connectivity index (χ0) is 12.6. The maximum Gasteiger partial charge on any atom is 0.207 e. The second kappa shape index (κ2) is 4.39. The molecule has 92 valence electrons. The van der Waals surface area contributed by atoms with E-state index < -0.39 is 0 Å². The summed E-state index contributed by atoms with van der Waals surface area (Å²) >= 11 is 12.1. The summed E-state index contributed by atoms with van der Waals surface area (Å²) in [5.74, 6) is 0.603. The van der Waals surface area contributed by atoms with E-state index in [4.69, 9.17) is 27.9 Å². The molecule has 0 fully saturated rings. The average molecular weight is 274 g/mol. The molecule has 17 heavy (non-hydrogen) atoms. The van der Waals surface area contributed by atoms with Gasteiger partial charge in [-0.2, -0.15) is 0 Å². The average Bonchev–Trinajstić information content (AvgIpc) is 2.19. The fourth-order valence-corrected chi connectivity index (χ4v) is 2.64. The fraction of sp³-hybridized carbons (Fsp3) is 0.417. The van der Waals surface area contributed by atoms with Gasteiger partial charge in [-0.15, -0.1) is 0 Å². The lowest BCUT2D eigenvalue weighted by molar-refractivity contribution is -0.110. The summed E-state index contributed by atoms with van der Waals surface area (Å²) in [5, 5.41) is 3.78. The Morgan fingerprint density at radius 1 is 1.47 bits per heavy atom. The minimum atomic E-state index is -0.370. The van der Waals surface area contributed by atoms with Crippen LogP contribution in [0.4, 0.5) is 0 Å². The summed E-state index contributed by atoms with van der Waals surface area (Å²) < 4.78 is 5.84. The van der Waals surface area contributed by atoms with Gasteiger partial charge in [0, 0.05) is 17.0 Å². The Morgan fingerprint density at radius 3 is 2.82 bits per heavy atom. The van der Waals surface area contributed by atoms with E-state index in [0.29, 0.717) is 28.6 Å². The lowest BCUT2D eigenvalue weighted by Crippen LogP contribution is -2.39. The second-order valence-corrected chi connectivity index (χ2v) is 5.55. The van der Waals surface area contributed by atoms with Crippen LogP contribution in [0.5, 0.6) is 5.75 Å². The van der Waals surface area contributed by atoms with Crippen LogP contribution in [0.1, 0.15) is 31.9 Å². The topological polar surface area (TPSA) is 38.3 Å². The molecule has 3 nitrogen and oxygen atoms in total. The molecule has 0 spiro atoms. The second-order valence-electron chi connectivity index (χ2n) is 4.71. The quantitative estimate of drug-likeness (QED) is 0.840. The predicted octanol–water partition coefficient (Wildman–Crippen LogP) is 3.34. The van der Waals surface area contributed by atoms with E-state index in [9.17, 15) is 4.79 Å². The summed E-state index contributed by atoms with van der Waals surface area (Å²) in [6, 6.07) is 3.29. The van der Waals surface area contributed by atoms with Crippen LogP contribution >= 0.6 is 23.2 Å². The SMILES string of the molecule is CC1(C)CC(NC=O)c2cc(Cl)cc(Cl)c2O1. The van der Waals surface area contributed by atoms with E-state index in [1.165, 1.54) is 0 Å². The lowest BCUT2D eigenvalue weighted by atomic mass is 9.90. The van der Waals surface area contributed by atoms with Gasteiger partial charge >= 0.3 is 0 Å². The monoisotopic (exact) mass is 273 g/mol. The van der Waals surface area contributed by atoms with Crippen molar-refractivity contribution in [1.82, 2.24) is 5.32 Å². The normalized spacial score (nSPS) is 21.3. The molecule has 0 aromatic heterocycles. The summed E-state index contributed by atoms with van der Waals surface area (Å²) in [4.78, 5) is 10.6. The number of hydrogen-bond donors (Lipinski definition) is 1. The van der Waals surface area contributed by atoms with Crippen LogP contribution in [-0.2, 0) is 4.79 Å². The Labute approximate surface area is 110 Å². The Hall–Kier alpha value is -0.930. The minimum Gasteiger partial charge on any atom is -0.486 e. The zero-order valence-electron chi connectivity index (χ0n) is 9.59. The van der Waals surface area contributed by atoms with Gasteiger partial charge in [0.25, 0.3) is 0 Å². The van der Waals surface area contributed by atoms with Gasteiger partial charge in [-0.1, -0.05) is 23.2 Å². The van der Waals surface area contributed by atoms with Gasteiger partial charge in [0.05, 0.1) is 11.1 Å². The molecule has 1 N–H and O–H groups in total. The summed E-state index contributed by atoms with van der Waals surface area (Å²) in [5.41, 5.74) is 0.458. The minimum absolute atomic E-state index is 0.123. The molecule has 1 heterocycles. The van der Waals surface area contributed by atoms with Crippen molar-refractivity contribution in [3.8, 4) is 5.75 Å². The number of ether oxygens (including phenoxy) is 1. The van der Waals surface area contributed by atoms with Crippen molar-refractivity contribution in [2.24, 2.45) is 0 Å². The van der Waals surface area contributed by atoms with Gasteiger partial charge in [0.1, 0.15) is 11.4 Å². The number of halogens is 2. The maximum absolute atomic E-state index is 10.6. The van der Waals surface area contributed by atoms with Crippen molar-refractivity contribution in [2.45, 2.75) is 31.9 Å². The molecule has 5 heteroatoms. The third-order valence-electron chi connectivity index (χ3n) is 2.76. The first-order valence-corrected chi connectivity index (χ1v) is 6.06. The van der Waals surface area contributed by atoms with Crippen molar-refractivity contribution in [3.63, 3.8) is 0 Å². The van der Waals surface area contributed by atoms with Crippen LogP contribution in [0.3, 0.4) is 0 Å². The molecule has 1 amide bonds. The molecule has 1 aromatic carbocycles. The van der Waals surface area contributed by atoms with E-state index in [1.807, 2.05) is 13.8 Å². The van der Waals surface area contributed by atoms with E-state index in [-0.39, 0.29) is 11.6 Å². The Kier molecular flexibility index (Phi) is 3.23. The number of carbonyl (C=O) groups is 1. The molecule has 0 radical (unpaired) electrons. The molecule has 1 unspecified atom stereocenters. The Balaban J connectivity index is 2.52. The van der Waals surface area contributed by atoms with Gasteiger partial charge in [-0.3, -0.25) is 4.79 Å². The lowest BCUT2D eigenvalue weighted by Gasteiger charge is -2.37. The number of carbonyl (C=O) groups excluding carboxylic acids is 1. The standard InChI is InChI=1S/C12H13Cl2NO2/c1-12(2)5-10(15-6-16)8-3-7(13)4-9(14)11(8)17-12/h3-4,6,10H,5H2,1-2H3,(H,15,16). The van der Waals surface area contributed by atoms with Crippen LogP contribution in [0.2, 0.25) is 10.0 Å². The molecule has 1 aliphatic heterocycles. The van der Waals surface area contributed by atoms with Crippen LogP contribution < -0.4 is 10.1 Å². The van der Waals surface area contributed by atoms with Crippen LogP contribution in [0.15, 0.2) is 12.1 Å². The van der Waals surface area contributed by atoms with Gasteiger partial charge in [-0.05, 0) is 26.0 Å². The van der Waals surface area contributed by atoms with Crippen molar-refractivity contribution in [2.75, 3.05) is 0 Å². The molecule has 2 rings (SSSR count). The number of hydrogen-bond acceptors (Lipinski definition) is 2. The van der Waals surface area contributed by atoms with Crippen LogP contribution in [0.25, 0.3) is 0 Å². The first kappa shape index (κ1) is 12.5. The molecule has 1 atom stereocenters. The third kappa shape index (κ3) is 2.50. The first-order valence-electron chi connectivity index (χ1n) is 5.30. The fourth-order valence-electron chi connectivity index (χ4n) is 2.10. The maximum atomic E-state index is 10.6. The molecular weight excluding hydrogens is 261 g/mol. The molecule has 1 aromatic rings. The summed E-state index contributed by atoms with van der Waals surface area (Å²) in [7, 11) is 0. The van der Waals surface area contributed by atoms with Gasteiger partial charge in [0.15, 0.2) is 0 Å². The van der Waals surface area contributed by atoms with Gasteiger partial charge in [0.2, 0.25) is 6.41 Å². The van der Waals surface area contributed by atoms with Crippen molar-refractivity contribution in [1.29, 1.82) is 0 Å². The molecule has 0 bridgehead atoms. The molecule has 0 saturated carbocycles. The number of amides is 1. The summed E-state index contributed by atoms with van der Waals surface area (Å²) in [6.45, 7) is 3.92. The van der Waals surface area contributed by atoms with E-state index in [2.05, 4.69) is 5.32 Å². The van der Waals surface area contributed by atoms with Crippen molar-refractivity contribution in [3.05, 3.63) is 27.7 Å². The zero-order valence-corrected chi connectivity index (χ0v) is 11.1. The number of rotatable bonds is 2. The third-order valence-corrected chi connectivity index (χ3v) is 3.25. The highest BCUT2D eigenvalue weighted by Gasteiger charge is 2.35. The highest BCUT2D eigenvalue weighted by molar-refractivity contribution is 6.35. The number of fused-ring (bicyclic) bond motifs is 1.